The van der Waals surface area contributed by atoms with Gasteiger partial charge in [-0.25, -0.2) is 0 Å². The molecule has 1 rings (SSSR count). The van der Waals surface area contributed by atoms with Crippen LogP contribution < -0.4 is 0 Å². The third-order valence-electron chi connectivity index (χ3n) is 3.78. The van der Waals surface area contributed by atoms with Crippen LogP contribution in [0.2, 0.25) is 0 Å². The van der Waals surface area contributed by atoms with Gasteiger partial charge in [0.1, 0.15) is 5.60 Å². The molecule has 1 unspecified atom stereocenters. The Morgan fingerprint density at radius 1 is 1.29 bits per heavy atom. The first-order valence-corrected chi connectivity index (χ1v) is 5.95. The van der Waals surface area contributed by atoms with Crippen LogP contribution in [0.15, 0.2) is 0 Å². The van der Waals surface area contributed by atoms with Gasteiger partial charge in [0.05, 0.1) is 0 Å². The molecule has 0 aromatic heterocycles. The molecule has 1 atom stereocenters. The summed E-state index contributed by atoms with van der Waals surface area (Å²) in [4.78, 5) is 11.8. The van der Waals surface area contributed by atoms with Crippen molar-refractivity contribution in [2.75, 3.05) is 0 Å². The van der Waals surface area contributed by atoms with Gasteiger partial charge in [0.2, 0.25) is 0 Å². The van der Waals surface area contributed by atoms with E-state index in [0.29, 0.717) is 12.8 Å². The van der Waals surface area contributed by atoms with Gasteiger partial charge in [-0.05, 0) is 46.0 Å². The second kappa shape index (κ2) is 4.50. The second-order valence-electron chi connectivity index (χ2n) is 5.23. The van der Waals surface area contributed by atoms with Crippen molar-refractivity contribution in [1.82, 2.24) is 0 Å². The number of hydrogen-bond donors (Lipinski definition) is 0. The fraction of sp³-hybridized carbons (Fsp3) is 0.917. The molecule has 5 heteroatoms. The van der Waals surface area contributed by atoms with Crippen LogP contribution in [0.25, 0.3) is 0 Å². The van der Waals surface area contributed by atoms with Gasteiger partial charge >= 0.3 is 12.1 Å². The highest BCUT2D eigenvalue weighted by atomic mass is 19.4. The van der Waals surface area contributed by atoms with E-state index in [9.17, 15) is 18.0 Å². The van der Waals surface area contributed by atoms with Gasteiger partial charge < -0.3 is 4.74 Å². The molecule has 1 aliphatic rings. The summed E-state index contributed by atoms with van der Waals surface area (Å²) in [7, 11) is 0. The van der Waals surface area contributed by atoms with Crippen LogP contribution >= 0.6 is 0 Å². The molecule has 17 heavy (non-hydrogen) atoms. The van der Waals surface area contributed by atoms with E-state index in [1.54, 1.807) is 6.92 Å². The van der Waals surface area contributed by atoms with Crippen molar-refractivity contribution in [3.05, 3.63) is 0 Å². The highest BCUT2D eigenvalue weighted by Crippen LogP contribution is 2.44. The Kier molecular flexibility index (Phi) is 3.79. The molecule has 0 aromatic carbocycles. The Morgan fingerprint density at radius 2 is 1.76 bits per heavy atom. The van der Waals surface area contributed by atoms with E-state index in [2.05, 4.69) is 0 Å². The molecule has 0 amide bonds. The quantitative estimate of drug-likeness (QED) is 0.713. The minimum Gasteiger partial charge on any atom is -0.459 e. The molecule has 1 saturated carbocycles. The first-order chi connectivity index (χ1) is 7.65. The zero-order chi connectivity index (χ0) is 13.3. The highest BCUT2D eigenvalue weighted by Gasteiger charge is 2.57. The van der Waals surface area contributed by atoms with Gasteiger partial charge in [-0.3, -0.25) is 4.79 Å². The third kappa shape index (κ3) is 2.75. The van der Waals surface area contributed by atoms with Crippen molar-refractivity contribution in [1.29, 1.82) is 0 Å². The standard InChI is InChI=1S/C12H19F3O2/c1-4-11(3,12(13,14)15)9(16)17-10(2)7-5-6-8-10/h4-8H2,1-3H3. The monoisotopic (exact) mass is 252 g/mol. The Hall–Kier alpha value is -0.740. The Morgan fingerprint density at radius 3 is 2.12 bits per heavy atom. The number of alkyl halides is 3. The first-order valence-electron chi connectivity index (χ1n) is 5.95. The lowest BCUT2D eigenvalue weighted by molar-refractivity contribution is -0.237. The summed E-state index contributed by atoms with van der Waals surface area (Å²) in [5, 5.41) is 0. The Labute approximate surface area is 99.5 Å². The molecule has 0 heterocycles. The maximum absolute atomic E-state index is 12.9. The van der Waals surface area contributed by atoms with Gasteiger partial charge in [0, 0.05) is 0 Å². The molecular formula is C12H19F3O2. The van der Waals surface area contributed by atoms with Crippen molar-refractivity contribution in [2.24, 2.45) is 5.41 Å². The van der Waals surface area contributed by atoms with Gasteiger partial charge in [-0.1, -0.05) is 6.92 Å². The predicted octanol–water partition coefficient (Wildman–Crippen LogP) is 3.84. The van der Waals surface area contributed by atoms with Crippen LogP contribution in [0.4, 0.5) is 13.2 Å². The zero-order valence-corrected chi connectivity index (χ0v) is 10.5. The lowest BCUT2D eigenvalue weighted by Crippen LogP contribution is -2.46. The molecule has 0 spiro atoms. The van der Waals surface area contributed by atoms with Crippen molar-refractivity contribution in [2.45, 2.75) is 64.7 Å². The highest BCUT2D eigenvalue weighted by molar-refractivity contribution is 5.77. The summed E-state index contributed by atoms with van der Waals surface area (Å²) in [5.74, 6) is -1.14. The number of ether oxygens (including phenoxy) is 1. The second-order valence-corrected chi connectivity index (χ2v) is 5.23. The first kappa shape index (κ1) is 14.3. The van der Waals surface area contributed by atoms with Crippen molar-refractivity contribution < 1.29 is 22.7 Å². The Balaban J connectivity index is 2.81. The van der Waals surface area contributed by atoms with Crippen molar-refractivity contribution in [3.8, 4) is 0 Å². The van der Waals surface area contributed by atoms with E-state index < -0.39 is 23.2 Å². The lowest BCUT2D eigenvalue weighted by atomic mass is 9.86. The largest absolute Gasteiger partial charge is 0.459 e. The maximum Gasteiger partial charge on any atom is 0.404 e. The third-order valence-corrected chi connectivity index (χ3v) is 3.78. The Bertz CT molecular complexity index is 293. The zero-order valence-electron chi connectivity index (χ0n) is 10.5. The van der Waals surface area contributed by atoms with Crippen LogP contribution in [0.5, 0.6) is 0 Å². The van der Waals surface area contributed by atoms with Gasteiger partial charge in [0.15, 0.2) is 5.41 Å². The fourth-order valence-corrected chi connectivity index (χ4v) is 2.02. The molecule has 0 N–H and O–H groups in total. The van der Waals surface area contributed by atoms with E-state index in [-0.39, 0.29) is 6.42 Å². The topological polar surface area (TPSA) is 26.3 Å². The SMILES string of the molecule is CCC(C)(C(=O)OC1(C)CCCC1)C(F)(F)F. The van der Waals surface area contributed by atoms with Crippen LogP contribution in [0.3, 0.4) is 0 Å². The van der Waals surface area contributed by atoms with E-state index in [1.165, 1.54) is 6.92 Å². The molecule has 2 nitrogen and oxygen atoms in total. The van der Waals surface area contributed by atoms with Crippen LogP contribution in [0, 0.1) is 5.41 Å². The number of halogens is 3. The van der Waals surface area contributed by atoms with E-state index in [0.717, 1.165) is 19.8 Å². The predicted molar refractivity (Wildman–Crippen MR) is 57.4 cm³/mol. The number of carbonyl (C=O) groups excluding carboxylic acids is 1. The molecule has 0 aromatic rings. The smallest absolute Gasteiger partial charge is 0.404 e. The molecule has 1 aliphatic carbocycles. The average Bonchev–Trinajstić information content (AvgIpc) is 2.61. The molecule has 0 radical (unpaired) electrons. The molecule has 100 valence electrons. The van der Waals surface area contributed by atoms with Gasteiger partial charge in [-0.15, -0.1) is 0 Å². The summed E-state index contributed by atoms with van der Waals surface area (Å²) in [6, 6.07) is 0. The van der Waals surface area contributed by atoms with E-state index in [4.69, 9.17) is 4.74 Å². The lowest BCUT2D eigenvalue weighted by Gasteiger charge is -2.33. The van der Waals surface area contributed by atoms with Crippen molar-refractivity contribution in [3.63, 3.8) is 0 Å². The van der Waals surface area contributed by atoms with E-state index in [1.807, 2.05) is 0 Å². The molecule has 0 aliphatic heterocycles. The number of rotatable bonds is 3. The number of esters is 1. The average molecular weight is 252 g/mol. The molecular weight excluding hydrogens is 233 g/mol. The van der Waals surface area contributed by atoms with E-state index >= 15 is 0 Å². The van der Waals surface area contributed by atoms with Crippen LogP contribution in [0.1, 0.15) is 52.9 Å². The fourth-order valence-electron chi connectivity index (χ4n) is 2.02. The summed E-state index contributed by atoms with van der Waals surface area (Å²) >= 11 is 0. The minimum atomic E-state index is -4.56. The van der Waals surface area contributed by atoms with Crippen LogP contribution in [-0.4, -0.2) is 17.7 Å². The number of hydrogen-bond acceptors (Lipinski definition) is 2. The summed E-state index contributed by atoms with van der Waals surface area (Å²) in [6.07, 6.45) is -1.76. The summed E-state index contributed by atoms with van der Waals surface area (Å²) in [6.45, 7) is 3.98. The normalized spacial score (nSPS) is 23.2. The van der Waals surface area contributed by atoms with Crippen molar-refractivity contribution >= 4 is 5.97 Å². The molecule has 0 saturated heterocycles. The summed E-state index contributed by atoms with van der Waals surface area (Å²) < 4.78 is 43.7. The minimum absolute atomic E-state index is 0.300. The number of carbonyl (C=O) groups is 1. The van der Waals surface area contributed by atoms with Crippen LogP contribution in [-0.2, 0) is 9.53 Å². The molecule has 1 fully saturated rings. The molecule has 0 bridgehead atoms. The summed E-state index contributed by atoms with van der Waals surface area (Å²) in [5.41, 5.74) is -3.10. The maximum atomic E-state index is 12.9. The van der Waals surface area contributed by atoms with Gasteiger partial charge in [0.25, 0.3) is 0 Å². The van der Waals surface area contributed by atoms with Gasteiger partial charge in [-0.2, -0.15) is 13.2 Å².